The monoisotopic (exact) mass is 800 g/mol. The average Bonchev–Trinajstić information content (AvgIpc) is 4.05. The van der Waals surface area contributed by atoms with E-state index in [1.807, 2.05) is 36.4 Å². The molecule has 62 heavy (non-hydrogen) atoms. The van der Waals surface area contributed by atoms with Gasteiger partial charge < -0.3 is 8.83 Å². The minimum atomic E-state index is 0.0463. The van der Waals surface area contributed by atoms with E-state index in [0.717, 1.165) is 55.2 Å². The van der Waals surface area contributed by atoms with Gasteiger partial charge in [0.2, 0.25) is 0 Å². The summed E-state index contributed by atoms with van der Waals surface area (Å²) < 4.78 is 13.3. The van der Waals surface area contributed by atoms with Gasteiger partial charge in [0.15, 0.2) is 11.4 Å². The van der Waals surface area contributed by atoms with E-state index in [1.54, 1.807) is 16.7 Å². The van der Waals surface area contributed by atoms with Crippen molar-refractivity contribution in [2.75, 3.05) is 0 Å². The fourth-order valence-electron chi connectivity index (χ4n) is 12.7. The van der Waals surface area contributed by atoms with Gasteiger partial charge in [-0.25, -0.2) is 9.97 Å². The van der Waals surface area contributed by atoms with Crippen LogP contribution in [0.5, 0.6) is 0 Å². The van der Waals surface area contributed by atoms with Crippen molar-refractivity contribution < 1.29 is 8.83 Å². The summed E-state index contributed by atoms with van der Waals surface area (Å²) in [4.78, 5) is 10.3. The Hall–Kier alpha value is -6.78. The largest absolute Gasteiger partial charge is 0.455 e. The lowest BCUT2D eigenvalue weighted by Gasteiger charge is -2.37. The third-order valence-corrected chi connectivity index (χ3v) is 15.5. The highest BCUT2D eigenvalue weighted by atomic mass is 16.3. The third-order valence-electron chi connectivity index (χ3n) is 15.5. The fourth-order valence-corrected chi connectivity index (χ4v) is 12.7. The average molecular weight is 801 g/mol. The van der Waals surface area contributed by atoms with Gasteiger partial charge in [0, 0.05) is 38.1 Å². The lowest BCUT2D eigenvalue weighted by atomic mass is 9.66. The van der Waals surface area contributed by atoms with Crippen LogP contribution in [0.2, 0.25) is 0 Å². The maximum Gasteiger partial charge on any atom is 0.180 e. The summed E-state index contributed by atoms with van der Waals surface area (Å²) >= 11 is 0. The topological polar surface area (TPSA) is 52.1 Å². The molecule has 3 aromatic heterocycles. The summed E-state index contributed by atoms with van der Waals surface area (Å²) in [6.45, 7) is 0. The van der Waals surface area contributed by atoms with E-state index in [0.29, 0.717) is 11.4 Å². The van der Waals surface area contributed by atoms with Crippen LogP contribution in [0, 0.1) is 0 Å². The van der Waals surface area contributed by atoms with E-state index in [2.05, 4.69) is 109 Å². The number of rotatable bonds is 3. The first-order valence-electron chi connectivity index (χ1n) is 22.8. The van der Waals surface area contributed by atoms with Crippen molar-refractivity contribution in [2.45, 2.75) is 75.0 Å². The summed E-state index contributed by atoms with van der Waals surface area (Å²) in [6.07, 6.45) is 12.8. The van der Waals surface area contributed by atoms with Crippen LogP contribution in [-0.4, -0.2) is 9.97 Å². The van der Waals surface area contributed by atoms with Crippen molar-refractivity contribution in [3.05, 3.63) is 168 Å². The van der Waals surface area contributed by atoms with Crippen molar-refractivity contribution in [3.63, 3.8) is 0 Å². The minimum absolute atomic E-state index is 0.0463. The number of nitrogens with zero attached hydrogens (tertiary/aromatic N) is 2. The van der Waals surface area contributed by atoms with Gasteiger partial charge in [-0.15, -0.1) is 0 Å². The Morgan fingerprint density at radius 2 is 0.968 bits per heavy atom. The van der Waals surface area contributed by atoms with E-state index >= 15 is 0 Å². The SMILES string of the molecule is c1ccc(-c2nc(-c3cccc4c3oc3ccc(-c5ccc6c(c5)C5(CCCCC5)c5cc7c(cc5-6)C5(CCCCC5)c5ccccc5-7)cc34)c3oc4ccccc4c3n2)cc1. The second-order valence-corrected chi connectivity index (χ2v) is 18.6. The Labute approximate surface area is 360 Å². The minimum Gasteiger partial charge on any atom is -0.455 e. The van der Waals surface area contributed by atoms with Crippen molar-refractivity contribution in [1.29, 1.82) is 0 Å². The molecule has 0 N–H and O–H groups in total. The Morgan fingerprint density at radius 1 is 0.371 bits per heavy atom. The van der Waals surface area contributed by atoms with Gasteiger partial charge >= 0.3 is 0 Å². The highest BCUT2D eigenvalue weighted by molar-refractivity contribution is 6.14. The van der Waals surface area contributed by atoms with Crippen molar-refractivity contribution in [1.82, 2.24) is 9.97 Å². The molecule has 0 bridgehead atoms. The molecule has 4 heteroatoms. The molecule has 14 rings (SSSR count). The van der Waals surface area contributed by atoms with Gasteiger partial charge in [-0.1, -0.05) is 136 Å². The first-order valence-corrected chi connectivity index (χ1v) is 22.8. The molecule has 0 amide bonds. The zero-order chi connectivity index (χ0) is 40.6. The van der Waals surface area contributed by atoms with E-state index in [1.165, 1.54) is 103 Å². The number of furan rings is 2. The van der Waals surface area contributed by atoms with Crippen molar-refractivity contribution >= 4 is 44.0 Å². The molecule has 2 fully saturated rings. The molecule has 0 atom stereocenters. The molecule has 4 aliphatic rings. The van der Waals surface area contributed by atoms with Crippen LogP contribution in [-0.2, 0) is 10.8 Å². The second-order valence-electron chi connectivity index (χ2n) is 18.6. The number of aromatic nitrogens is 2. The van der Waals surface area contributed by atoms with Crippen molar-refractivity contribution in [2.24, 2.45) is 0 Å². The molecule has 2 spiro atoms. The molecule has 4 aliphatic carbocycles. The molecule has 298 valence electrons. The van der Waals surface area contributed by atoms with Crippen LogP contribution in [0.1, 0.15) is 86.5 Å². The molecule has 3 heterocycles. The molecular formula is C58H44N2O2. The standard InChI is InChI=1S/C58H44N2O2/c1-4-15-35(16-5-1)56-59-52-41-18-7-9-22-50(41)62-55(52)53(60-56)42-20-14-19-40-45-31-36(24-26-51(45)61-54(40)42)37-23-25-39-44-34-48-43(33-49(44)58(47(39)32-37)29-12-3-13-30-58)38-17-6-8-21-46(38)57(48)27-10-2-11-28-57/h1,4-9,14-26,31-34H,2-3,10-13,27-30H2. The zero-order valence-electron chi connectivity index (χ0n) is 34.6. The van der Waals surface area contributed by atoms with Crippen LogP contribution in [0.25, 0.3) is 100 Å². The van der Waals surface area contributed by atoms with Gasteiger partial charge in [-0.3, -0.25) is 0 Å². The molecule has 7 aromatic carbocycles. The summed E-state index contributed by atoms with van der Waals surface area (Å²) in [7, 11) is 0. The first-order chi connectivity index (χ1) is 30.7. The number of hydrogen-bond acceptors (Lipinski definition) is 4. The van der Waals surface area contributed by atoms with Crippen LogP contribution in [0.3, 0.4) is 0 Å². The summed E-state index contributed by atoms with van der Waals surface area (Å²) in [5.74, 6) is 0.660. The number of benzene rings is 7. The lowest BCUT2D eigenvalue weighted by Crippen LogP contribution is -2.29. The van der Waals surface area contributed by atoms with Crippen LogP contribution >= 0.6 is 0 Å². The second kappa shape index (κ2) is 12.9. The molecule has 10 aromatic rings. The maximum absolute atomic E-state index is 6.81. The Morgan fingerprint density at radius 3 is 1.77 bits per heavy atom. The molecule has 0 unspecified atom stereocenters. The van der Waals surface area contributed by atoms with Gasteiger partial charge in [0.1, 0.15) is 28.0 Å². The maximum atomic E-state index is 6.81. The summed E-state index contributed by atoms with van der Waals surface area (Å²) in [5, 5.41) is 3.13. The van der Waals surface area contributed by atoms with Crippen LogP contribution in [0.15, 0.2) is 154 Å². The van der Waals surface area contributed by atoms with E-state index in [4.69, 9.17) is 18.8 Å². The van der Waals surface area contributed by atoms with E-state index in [9.17, 15) is 0 Å². The molecule has 0 aliphatic heterocycles. The van der Waals surface area contributed by atoms with Crippen LogP contribution < -0.4 is 0 Å². The highest BCUT2D eigenvalue weighted by Gasteiger charge is 2.49. The van der Waals surface area contributed by atoms with Gasteiger partial charge in [0.05, 0.1) is 0 Å². The van der Waals surface area contributed by atoms with E-state index < -0.39 is 0 Å². The summed E-state index contributed by atoms with van der Waals surface area (Å²) in [6, 6.07) is 53.6. The van der Waals surface area contributed by atoms with Gasteiger partial charge in [0.25, 0.3) is 0 Å². The molecule has 4 nitrogen and oxygen atoms in total. The highest BCUT2D eigenvalue weighted by Crippen LogP contribution is 2.62. The van der Waals surface area contributed by atoms with Gasteiger partial charge in [-0.05, 0) is 130 Å². The number of hydrogen-bond donors (Lipinski definition) is 0. The number of para-hydroxylation sites is 2. The Kier molecular flexibility index (Phi) is 7.24. The molecule has 0 radical (unpaired) electrons. The number of fused-ring (bicyclic) bond motifs is 16. The third kappa shape index (κ3) is 4.73. The van der Waals surface area contributed by atoms with Crippen LogP contribution in [0.4, 0.5) is 0 Å². The zero-order valence-corrected chi connectivity index (χ0v) is 34.6. The Balaban J connectivity index is 0.916. The van der Waals surface area contributed by atoms with E-state index in [-0.39, 0.29) is 10.8 Å². The van der Waals surface area contributed by atoms with Gasteiger partial charge in [-0.2, -0.15) is 0 Å². The fraction of sp³-hybridized carbons (Fsp3) is 0.207. The normalized spacial score (nSPS) is 17.0. The smallest absolute Gasteiger partial charge is 0.180 e. The molecule has 2 saturated carbocycles. The molecule has 0 saturated heterocycles. The Bertz CT molecular complexity index is 3490. The predicted molar refractivity (Wildman–Crippen MR) is 251 cm³/mol. The predicted octanol–water partition coefficient (Wildman–Crippen LogP) is 15.7. The summed E-state index contributed by atoms with van der Waals surface area (Å²) in [5.41, 5.74) is 21.4. The quantitative estimate of drug-likeness (QED) is 0.179. The van der Waals surface area contributed by atoms with Crippen molar-refractivity contribution in [3.8, 4) is 56.0 Å². The molecular weight excluding hydrogens is 757 g/mol. The first kappa shape index (κ1) is 34.9. The lowest BCUT2D eigenvalue weighted by molar-refractivity contribution is 0.350.